The lowest BCUT2D eigenvalue weighted by atomic mass is 9.62. The molecule has 4 heterocycles. The summed E-state index contributed by atoms with van der Waals surface area (Å²) in [5.41, 5.74) is 2.37. The highest BCUT2D eigenvalue weighted by molar-refractivity contribution is 5.89. The zero-order valence-corrected chi connectivity index (χ0v) is 27.9. The Kier molecular flexibility index (Phi) is 7.14. The Hall–Kier alpha value is -5.85. The van der Waals surface area contributed by atoms with Crippen LogP contribution >= 0.6 is 0 Å². The van der Waals surface area contributed by atoms with Crippen LogP contribution in [0.4, 0.5) is 13.6 Å². The van der Waals surface area contributed by atoms with Crippen LogP contribution < -0.4 is 5.69 Å². The Morgan fingerprint density at radius 3 is 2.38 bits per heavy atom. The van der Waals surface area contributed by atoms with E-state index in [1.807, 2.05) is 37.3 Å². The van der Waals surface area contributed by atoms with E-state index in [9.17, 15) is 18.8 Å². The van der Waals surface area contributed by atoms with Crippen molar-refractivity contribution in [3.63, 3.8) is 0 Å². The lowest BCUT2D eigenvalue weighted by molar-refractivity contribution is -0.130. The quantitative estimate of drug-likeness (QED) is 0.225. The molecule has 0 radical (unpaired) electrons. The normalized spacial score (nSPS) is 16.6. The summed E-state index contributed by atoms with van der Waals surface area (Å²) in [4.78, 5) is 42.4. The number of Topliss-reactive ketones (excluding diaryl/α,β-unsaturated/α-hetero) is 1. The largest absolute Gasteiger partial charge is 0.445 e. The Morgan fingerprint density at radius 2 is 1.68 bits per heavy atom. The minimum absolute atomic E-state index is 0.0252. The van der Waals surface area contributed by atoms with Gasteiger partial charge >= 0.3 is 11.8 Å². The van der Waals surface area contributed by atoms with E-state index in [2.05, 4.69) is 5.10 Å². The number of ether oxygens (including phenoxy) is 1. The van der Waals surface area contributed by atoms with Gasteiger partial charge in [0.25, 0.3) is 0 Å². The van der Waals surface area contributed by atoms with Gasteiger partial charge in [0.15, 0.2) is 5.82 Å². The first-order chi connectivity index (χ1) is 24.0. The monoisotopic (exact) mass is 677 g/mol. The van der Waals surface area contributed by atoms with Crippen LogP contribution in [0, 0.1) is 25.5 Å². The van der Waals surface area contributed by atoms with Crippen molar-refractivity contribution in [1.29, 1.82) is 0 Å². The molecule has 3 aromatic carbocycles. The molecule has 50 heavy (non-hydrogen) atoms. The minimum Gasteiger partial charge on any atom is -0.445 e. The van der Waals surface area contributed by atoms with E-state index in [-0.39, 0.29) is 48.7 Å². The molecule has 3 aromatic heterocycles. The molecule has 8 rings (SSSR count). The van der Waals surface area contributed by atoms with Gasteiger partial charge in [-0.05, 0) is 61.7 Å². The first kappa shape index (κ1) is 31.4. The average molecular weight is 678 g/mol. The molecule has 1 saturated carbocycles. The summed E-state index contributed by atoms with van der Waals surface area (Å²) in [6.45, 7) is 5.36. The van der Waals surface area contributed by atoms with E-state index >= 15 is 4.39 Å². The van der Waals surface area contributed by atoms with Crippen LogP contribution in [0.1, 0.15) is 53.8 Å². The third kappa shape index (κ3) is 4.71. The van der Waals surface area contributed by atoms with E-state index in [0.717, 1.165) is 5.56 Å². The van der Waals surface area contributed by atoms with Crippen molar-refractivity contribution in [3.8, 4) is 17.2 Å². The maximum Gasteiger partial charge on any atom is 0.410 e. The van der Waals surface area contributed by atoms with Crippen LogP contribution in [0.15, 0.2) is 78.0 Å². The molecule has 254 valence electrons. The van der Waals surface area contributed by atoms with Crippen molar-refractivity contribution in [1.82, 2.24) is 33.6 Å². The second kappa shape index (κ2) is 11.4. The van der Waals surface area contributed by atoms with Crippen molar-refractivity contribution in [2.24, 2.45) is 7.05 Å². The number of carbonyl (C=O) groups excluding carboxylic acids is 2. The number of hydrogen-bond donors (Lipinski definition) is 0. The zero-order chi connectivity index (χ0) is 35.1. The van der Waals surface area contributed by atoms with Crippen LogP contribution in [0.5, 0.6) is 0 Å². The predicted molar refractivity (Wildman–Crippen MR) is 180 cm³/mol. The Bertz CT molecular complexity index is 2390. The van der Waals surface area contributed by atoms with E-state index in [4.69, 9.17) is 9.84 Å². The van der Waals surface area contributed by atoms with Gasteiger partial charge < -0.3 is 9.64 Å². The van der Waals surface area contributed by atoms with Gasteiger partial charge in [0, 0.05) is 49.8 Å². The Labute approximate surface area is 284 Å². The van der Waals surface area contributed by atoms with E-state index < -0.39 is 29.1 Å². The summed E-state index contributed by atoms with van der Waals surface area (Å²) in [6.07, 6.45) is 4.13. The van der Waals surface area contributed by atoms with Crippen molar-refractivity contribution in [2.45, 2.75) is 51.7 Å². The van der Waals surface area contributed by atoms with Crippen molar-refractivity contribution in [2.75, 3.05) is 6.54 Å². The highest BCUT2D eigenvalue weighted by Gasteiger charge is 2.55. The topological polar surface area (TPSA) is 109 Å². The van der Waals surface area contributed by atoms with Crippen molar-refractivity contribution < 1.29 is 23.1 Å². The van der Waals surface area contributed by atoms with E-state index in [1.165, 1.54) is 33.8 Å². The molecule has 13 heteroatoms. The lowest BCUT2D eigenvalue weighted by Crippen LogP contribution is -2.56. The maximum absolute atomic E-state index is 15.9. The summed E-state index contributed by atoms with van der Waals surface area (Å²) in [5, 5.41) is 9.46. The SMILES string of the molecule is Cc1cc(-n2nc3c(c2-n2ccn(-c4ccc5c(cnn5C)c4F)c2=O)[C@H](C)N(C(=O)OCc2ccccc2)CC32CC(=O)C2)cc(C)c1F. The summed E-state index contributed by atoms with van der Waals surface area (Å²) < 4.78 is 42.2. The predicted octanol–water partition coefficient (Wildman–Crippen LogP) is 5.91. The number of rotatable bonds is 5. The van der Waals surface area contributed by atoms with Crippen LogP contribution in [-0.2, 0) is 28.6 Å². The number of ketones is 1. The number of aromatic nitrogens is 6. The number of carbonyl (C=O) groups is 2. The van der Waals surface area contributed by atoms with Crippen LogP contribution in [0.25, 0.3) is 28.1 Å². The molecule has 1 fully saturated rings. The second-order valence-corrected chi connectivity index (χ2v) is 13.3. The Balaban J connectivity index is 1.32. The molecular formula is C37H33F2N7O4. The molecule has 0 N–H and O–H groups in total. The van der Waals surface area contributed by atoms with Crippen molar-refractivity contribution in [3.05, 3.63) is 123 Å². The molecule has 1 amide bonds. The molecule has 1 aliphatic heterocycles. The van der Waals surface area contributed by atoms with Crippen molar-refractivity contribution >= 4 is 22.8 Å². The van der Waals surface area contributed by atoms with Gasteiger partial charge in [-0.2, -0.15) is 10.2 Å². The highest BCUT2D eigenvalue weighted by atomic mass is 19.1. The molecule has 2 aliphatic rings. The zero-order valence-electron chi connectivity index (χ0n) is 27.9. The summed E-state index contributed by atoms with van der Waals surface area (Å²) in [5.74, 6) is -0.650. The number of hydrogen-bond acceptors (Lipinski definition) is 6. The third-order valence-electron chi connectivity index (χ3n) is 10.0. The summed E-state index contributed by atoms with van der Waals surface area (Å²) >= 11 is 0. The average Bonchev–Trinajstić information content (AvgIpc) is 3.79. The second-order valence-electron chi connectivity index (χ2n) is 13.3. The summed E-state index contributed by atoms with van der Waals surface area (Å²) in [6, 6.07) is 15.1. The van der Waals surface area contributed by atoms with Gasteiger partial charge in [0.05, 0.1) is 40.2 Å². The number of amides is 1. The van der Waals surface area contributed by atoms with Gasteiger partial charge in [-0.15, -0.1) is 0 Å². The maximum atomic E-state index is 15.9. The van der Waals surface area contributed by atoms with E-state index in [1.54, 1.807) is 53.4 Å². The third-order valence-corrected chi connectivity index (χ3v) is 10.0. The molecule has 0 unspecified atom stereocenters. The fourth-order valence-electron chi connectivity index (χ4n) is 7.45. The number of halogens is 2. The molecular weight excluding hydrogens is 644 g/mol. The molecule has 11 nitrogen and oxygen atoms in total. The fourth-order valence-corrected chi connectivity index (χ4v) is 7.45. The molecule has 1 spiro atoms. The molecule has 0 bridgehead atoms. The smallest absolute Gasteiger partial charge is 0.410 e. The Morgan fingerprint density at radius 1 is 0.980 bits per heavy atom. The number of nitrogens with zero attached hydrogens (tertiary/aromatic N) is 7. The number of imidazole rings is 1. The van der Waals surface area contributed by atoms with Gasteiger partial charge in [0.1, 0.15) is 24.0 Å². The van der Waals surface area contributed by atoms with Crippen LogP contribution in [0.3, 0.4) is 0 Å². The standard InChI is InChI=1S/C37H33F2N7O4/c1-21-14-25(15-22(2)31(21)38)46-34(44-13-12-43(35(44)48)29-11-10-28-27(32(29)39)18-40-42(28)4)30-23(3)45(20-37(33(30)41-46)16-26(47)17-37)36(49)50-19-24-8-6-5-7-9-24/h5-15,18,23H,16-17,19-20H2,1-4H3/t23-/m0/s1. The minimum atomic E-state index is -0.821. The van der Waals surface area contributed by atoms with Gasteiger partial charge in [-0.3, -0.25) is 18.6 Å². The highest BCUT2D eigenvalue weighted by Crippen LogP contribution is 2.51. The van der Waals surface area contributed by atoms with Gasteiger partial charge in [0.2, 0.25) is 0 Å². The molecule has 0 saturated heterocycles. The first-order valence-corrected chi connectivity index (χ1v) is 16.3. The summed E-state index contributed by atoms with van der Waals surface area (Å²) in [7, 11) is 1.71. The van der Waals surface area contributed by atoms with Gasteiger partial charge in [-0.25, -0.2) is 23.1 Å². The van der Waals surface area contributed by atoms with E-state index in [0.29, 0.717) is 39.4 Å². The van der Waals surface area contributed by atoms with Crippen LogP contribution in [0.2, 0.25) is 0 Å². The number of fused-ring (bicyclic) bond motifs is 3. The number of benzene rings is 3. The fraction of sp³-hybridized carbons (Fsp3) is 0.270. The number of aryl methyl sites for hydroxylation is 3. The molecule has 1 atom stereocenters. The first-order valence-electron chi connectivity index (χ1n) is 16.3. The lowest BCUT2D eigenvalue weighted by Gasteiger charge is -2.48. The van der Waals surface area contributed by atoms with Gasteiger partial charge in [-0.1, -0.05) is 30.3 Å². The molecule has 6 aromatic rings. The van der Waals surface area contributed by atoms with Crippen LogP contribution in [-0.4, -0.2) is 52.0 Å². The molecule has 1 aliphatic carbocycles.